The van der Waals surface area contributed by atoms with Gasteiger partial charge in [0.05, 0.1) is 4.75 Å². The van der Waals surface area contributed by atoms with E-state index in [-0.39, 0.29) is 4.75 Å². The SMILES string of the molecule is C[n+]1cccc(C=CSC(c2ccccc2)(c2ccccc2)c2ccccc2)c1. The highest BCUT2D eigenvalue weighted by atomic mass is 32.2. The van der Waals surface area contributed by atoms with Crippen LogP contribution in [0.1, 0.15) is 22.3 Å². The smallest absolute Gasteiger partial charge is 0.175 e. The van der Waals surface area contributed by atoms with Gasteiger partial charge in [-0.15, -0.1) is 11.8 Å². The minimum absolute atomic E-state index is 0.322. The van der Waals surface area contributed by atoms with E-state index >= 15 is 0 Å². The standard InChI is InChI=1S/C27H24NS/c1-28-20-11-12-23(22-28)19-21-29-27(24-13-5-2-6-14-24,25-15-7-3-8-16-25)26-17-9-4-10-18-26/h2-22H,1H3/q+1. The summed E-state index contributed by atoms with van der Waals surface area (Å²) in [5.74, 6) is 0. The topological polar surface area (TPSA) is 3.88 Å². The molecule has 0 unspecified atom stereocenters. The quantitative estimate of drug-likeness (QED) is 0.278. The Kier molecular flexibility index (Phi) is 5.92. The van der Waals surface area contributed by atoms with Crippen LogP contribution in [0.5, 0.6) is 0 Å². The van der Waals surface area contributed by atoms with Gasteiger partial charge in [0.25, 0.3) is 0 Å². The Morgan fingerprint density at radius 2 is 1.14 bits per heavy atom. The molecule has 0 fully saturated rings. The molecule has 4 aromatic rings. The number of aromatic nitrogens is 1. The van der Waals surface area contributed by atoms with E-state index in [0.717, 1.165) is 0 Å². The molecule has 0 aliphatic heterocycles. The molecule has 3 aromatic carbocycles. The fourth-order valence-electron chi connectivity index (χ4n) is 3.65. The van der Waals surface area contributed by atoms with Gasteiger partial charge in [-0.3, -0.25) is 0 Å². The second kappa shape index (κ2) is 8.93. The Labute approximate surface area is 177 Å². The van der Waals surface area contributed by atoms with Crippen molar-refractivity contribution < 1.29 is 4.57 Å². The van der Waals surface area contributed by atoms with Gasteiger partial charge in [0, 0.05) is 11.6 Å². The zero-order chi connectivity index (χ0) is 19.9. The predicted octanol–water partition coefficient (Wildman–Crippen LogP) is 6.21. The minimum Gasteiger partial charge on any atom is -0.207 e. The zero-order valence-corrected chi connectivity index (χ0v) is 17.3. The summed E-state index contributed by atoms with van der Waals surface area (Å²) in [6.45, 7) is 0. The number of thioether (sulfide) groups is 1. The third kappa shape index (κ3) is 4.18. The maximum absolute atomic E-state index is 2.23. The number of rotatable bonds is 6. The molecule has 1 heterocycles. The summed E-state index contributed by atoms with van der Waals surface area (Å²) in [7, 11) is 2.05. The normalized spacial score (nSPS) is 11.6. The first-order valence-corrected chi connectivity index (χ1v) is 10.6. The lowest BCUT2D eigenvalue weighted by molar-refractivity contribution is -0.671. The van der Waals surface area contributed by atoms with Crippen molar-refractivity contribution in [2.75, 3.05) is 0 Å². The van der Waals surface area contributed by atoms with E-state index < -0.39 is 0 Å². The number of hydrogen-bond donors (Lipinski definition) is 0. The van der Waals surface area contributed by atoms with Crippen LogP contribution in [0.2, 0.25) is 0 Å². The highest BCUT2D eigenvalue weighted by Crippen LogP contribution is 2.49. The lowest BCUT2D eigenvalue weighted by Crippen LogP contribution is -2.26. The third-order valence-electron chi connectivity index (χ3n) is 5.01. The van der Waals surface area contributed by atoms with E-state index in [0.29, 0.717) is 0 Å². The summed E-state index contributed by atoms with van der Waals surface area (Å²) in [5.41, 5.74) is 4.99. The van der Waals surface area contributed by atoms with Crippen LogP contribution in [-0.2, 0) is 11.8 Å². The zero-order valence-electron chi connectivity index (χ0n) is 16.5. The van der Waals surface area contributed by atoms with E-state index in [9.17, 15) is 0 Å². The number of aryl methyl sites for hydroxylation is 1. The average Bonchev–Trinajstić information content (AvgIpc) is 2.79. The van der Waals surface area contributed by atoms with Gasteiger partial charge >= 0.3 is 0 Å². The van der Waals surface area contributed by atoms with Crippen LogP contribution in [0.3, 0.4) is 0 Å². The van der Waals surface area contributed by atoms with Crippen LogP contribution >= 0.6 is 11.8 Å². The predicted molar refractivity (Wildman–Crippen MR) is 123 cm³/mol. The lowest BCUT2D eigenvalue weighted by Gasteiger charge is -2.34. The first-order valence-electron chi connectivity index (χ1n) is 9.75. The number of benzene rings is 3. The van der Waals surface area contributed by atoms with Crippen molar-refractivity contribution in [3.63, 3.8) is 0 Å². The summed E-state index contributed by atoms with van der Waals surface area (Å²) < 4.78 is 1.75. The number of pyridine rings is 1. The largest absolute Gasteiger partial charge is 0.207 e. The van der Waals surface area contributed by atoms with Crippen LogP contribution in [0.25, 0.3) is 6.08 Å². The lowest BCUT2D eigenvalue weighted by atomic mass is 9.84. The molecule has 4 rings (SSSR count). The van der Waals surface area contributed by atoms with Crippen LogP contribution in [0, 0.1) is 0 Å². The molecule has 0 N–H and O–H groups in total. The van der Waals surface area contributed by atoms with Gasteiger partial charge in [0.15, 0.2) is 12.4 Å². The molecule has 1 nitrogen and oxygen atoms in total. The highest BCUT2D eigenvalue weighted by Gasteiger charge is 2.36. The Morgan fingerprint density at radius 3 is 1.59 bits per heavy atom. The van der Waals surface area contributed by atoms with E-state index in [1.807, 2.05) is 25.0 Å². The first-order chi connectivity index (χ1) is 14.3. The Bertz CT molecular complexity index is 976. The molecule has 0 aliphatic rings. The van der Waals surface area contributed by atoms with Gasteiger partial charge in [0.1, 0.15) is 7.05 Å². The second-order valence-electron chi connectivity index (χ2n) is 7.00. The van der Waals surface area contributed by atoms with E-state index in [4.69, 9.17) is 0 Å². The molecule has 2 heteroatoms. The fraction of sp³-hybridized carbons (Fsp3) is 0.0741. The molecule has 0 spiro atoms. The first kappa shape index (κ1) is 19.2. The number of hydrogen-bond acceptors (Lipinski definition) is 1. The molecule has 0 bridgehead atoms. The van der Waals surface area contributed by atoms with Gasteiger partial charge in [0.2, 0.25) is 0 Å². The number of nitrogens with zero attached hydrogens (tertiary/aromatic N) is 1. The van der Waals surface area contributed by atoms with Gasteiger partial charge in [-0.1, -0.05) is 91.0 Å². The molecule has 0 radical (unpaired) electrons. The molecule has 0 saturated heterocycles. The van der Waals surface area contributed by atoms with Crippen molar-refractivity contribution >= 4 is 17.8 Å². The van der Waals surface area contributed by atoms with Crippen LogP contribution in [0.15, 0.2) is 121 Å². The summed E-state index contributed by atoms with van der Waals surface area (Å²) >= 11 is 1.84. The summed E-state index contributed by atoms with van der Waals surface area (Å²) in [4.78, 5) is 0. The van der Waals surface area contributed by atoms with Crippen molar-refractivity contribution in [3.8, 4) is 0 Å². The maximum atomic E-state index is 2.23. The minimum atomic E-state index is -0.322. The van der Waals surface area contributed by atoms with Crippen molar-refractivity contribution in [2.45, 2.75) is 4.75 Å². The molecule has 0 amide bonds. The molecule has 1 aromatic heterocycles. The summed E-state index contributed by atoms with van der Waals surface area (Å²) in [5, 5.41) is 2.22. The Balaban J connectivity index is 1.86. The summed E-state index contributed by atoms with van der Waals surface area (Å²) in [6, 6.07) is 36.5. The molecule has 0 aliphatic carbocycles. The molecule has 0 atom stereocenters. The molecule has 29 heavy (non-hydrogen) atoms. The monoisotopic (exact) mass is 394 g/mol. The van der Waals surface area contributed by atoms with E-state index in [1.165, 1.54) is 22.3 Å². The van der Waals surface area contributed by atoms with Gasteiger partial charge in [-0.05, 0) is 34.2 Å². The maximum Gasteiger partial charge on any atom is 0.175 e. The Morgan fingerprint density at radius 1 is 0.655 bits per heavy atom. The van der Waals surface area contributed by atoms with Gasteiger partial charge in [-0.2, -0.15) is 0 Å². The van der Waals surface area contributed by atoms with E-state index in [1.54, 1.807) is 0 Å². The summed E-state index contributed by atoms with van der Waals surface area (Å²) in [6.07, 6.45) is 6.37. The molecular weight excluding hydrogens is 370 g/mol. The molecular formula is C27H24NS+. The van der Waals surface area contributed by atoms with Crippen molar-refractivity contribution in [2.24, 2.45) is 7.05 Å². The van der Waals surface area contributed by atoms with Crippen LogP contribution in [-0.4, -0.2) is 0 Å². The van der Waals surface area contributed by atoms with Crippen LogP contribution < -0.4 is 4.57 Å². The van der Waals surface area contributed by atoms with Crippen molar-refractivity contribution in [1.82, 2.24) is 0 Å². The second-order valence-corrected chi connectivity index (χ2v) is 8.12. The Hall–Kier alpha value is -3.10. The van der Waals surface area contributed by atoms with Gasteiger partial charge < -0.3 is 0 Å². The van der Waals surface area contributed by atoms with Crippen molar-refractivity contribution in [1.29, 1.82) is 0 Å². The van der Waals surface area contributed by atoms with Crippen molar-refractivity contribution in [3.05, 3.63) is 143 Å². The molecule has 142 valence electrons. The van der Waals surface area contributed by atoms with E-state index in [2.05, 4.69) is 125 Å². The van der Waals surface area contributed by atoms with Gasteiger partial charge in [-0.25, -0.2) is 4.57 Å². The average molecular weight is 395 g/mol. The highest BCUT2D eigenvalue weighted by molar-refractivity contribution is 8.03. The fourth-order valence-corrected chi connectivity index (χ4v) is 4.89. The third-order valence-corrected chi connectivity index (χ3v) is 6.34. The molecule has 0 saturated carbocycles. The van der Waals surface area contributed by atoms with Crippen LogP contribution in [0.4, 0.5) is 0 Å².